The molecular weight excluding hydrogens is 254 g/mol. The van der Waals surface area contributed by atoms with E-state index in [0.29, 0.717) is 0 Å². The van der Waals surface area contributed by atoms with Crippen molar-refractivity contribution in [3.8, 4) is 0 Å². The summed E-state index contributed by atoms with van der Waals surface area (Å²) in [4.78, 5) is 0. The molecule has 1 N–H and O–H groups in total. The van der Waals surface area contributed by atoms with Gasteiger partial charge in [0.15, 0.2) is 0 Å². The highest BCUT2D eigenvalue weighted by Crippen LogP contribution is 2.29. The van der Waals surface area contributed by atoms with Gasteiger partial charge in [-0.15, -0.1) is 0 Å². The SMILES string of the molecule is CSCc1ccc(CNCCC2CCC(C)CC2)o1. The summed E-state index contributed by atoms with van der Waals surface area (Å²) in [6.07, 6.45) is 9.15. The predicted octanol–water partition coefficient (Wildman–Crippen LogP) is 4.45. The summed E-state index contributed by atoms with van der Waals surface area (Å²) in [5.41, 5.74) is 0. The van der Waals surface area contributed by atoms with Crippen LogP contribution in [0.5, 0.6) is 0 Å². The van der Waals surface area contributed by atoms with Gasteiger partial charge in [0.05, 0.1) is 12.3 Å². The Labute approximate surface area is 121 Å². The van der Waals surface area contributed by atoms with Gasteiger partial charge in [0, 0.05) is 0 Å². The number of hydrogen-bond donors (Lipinski definition) is 1. The molecule has 1 aromatic heterocycles. The van der Waals surface area contributed by atoms with Gasteiger partial charge in [-0.3, -0.25) is 0 Å². The van der Waals surface area contributed by atoms with Gasteiger partial charge in [0.2, 0.25) is 0 Å². The third kappa shape index (κ3) is 5.23. The highest BCUT2D eigenvalue weighted by atomic mass is 32.2. The van der Waals surface area contributed by atoms with Crippen LogP contribution >= 0.6 is 11.8 Å². The topological polar surface area (TPSA) is 25.2 Å². The van der Waals surface area contributed by atoms with Crippen molar-refractivity contribution in [3.63, 3.8) is 0 Å². The van der Waals surface area contributed by atoms with E-state index >= 15 is 0 Å². The van der Waals surface area contributed by atoms with Crippen LogP contribution in [0.4, 0.5) is 0 Å². The first-order chi connectivity index (χ1) is 9.28. The van der Waals surface area contributed by atoms with E-state index in [-0.39, 0.29) is 0 Å². The van der Waals surface area contributed by atoms with Gasteiger partial charge in [-0.25, -0.2) is 0 Å². The Morgan fingerprint density at radius 3 is 2.68 bits per heavy atom. The van der Waals surface area contributed by atoms with Crippen LogP contribution in [0.25, 0.3) is 0 Å². The maximum absolute atomic E-state index is 5.75. The number of thioether (sulfide) groups is 1. The maximum Gasteiger partial charge on any atom is 0.117 e. The molecule has 19 heavy (non-hydrogen) atoms. The maximum atomic E-state index is 5.75. The largest absolute Gasteiger partial charge is 0.464 e. The molecule has 0 unspecified atom stereocenters. The zero-order valence-corrected chi connectivity index (χ0v) is 13.1. The molecular formula is C16H27NOS. The van der Waals surface area contributed by atoms with Crippen LogP contribution in [-0.4, -0.2) is 12.8 Å². The van der Waals surface area contributed by atoms with Crippen LogP contribution in [0, 0.1) is 11.8 Å². The molecule has 2 rings (SSSR count). The smallest absolute Gasteiger partial charge is 0.117 e. The van der Waals surface area contributed by atoms with Gasteiger partial charge < -0.3 is 9.73 Å². The first-order valence-electron chi connectivity index (χ1n) is 7.55. The molecule has 0 spiro atoms. The third-order valence-electron chi connectivity index (χ3n) is 4.17. The summed E-state index contributed by atoms with van der Waals surface area (Å²) in [7, 11) is 0. The van der Waals surface area contributed by atoms with Crippen molar-refractivity contribution < 1.29 is 4.42 Å². The molecule has 0 radical (unpaired) electrons. The van der Waals surface area contributed by atoms with Gasteiger partial charge in [0.25, 0.3) is 0 Å². The molecule has 1 fully saturated rings. The number of nitrogens with one attached hydrogen (secondary N) is 1. The van der Waals surface area contributed by atoms with Gasteiger partial charge >= 0.3 is 0 Å². The van der Waals surface area contributed by atoms with Crippen molar-refractivity contribution in [2.24, 2.45) is 11.8 Å². The summed E-state index contributed by atoms with van der Waals surface area (Å²) in [5, 5.41) is 3.52. The lowest BCUT2D eigenvalue weighted by atomic mass is 9.81. The molecule has 2 nitrogen and oxygen atoms in total. The van der Waals surface area contributed by atoms with Crippen LogP contribution in [0.1, 0.15) is 50.5 Å². The van der Waals surface area contributed by atoms with E-state index in [1.165, 1.54) is 32.1 Å². The molecule has 1 heterocycles. The number of rotatable bonds is 7. The molecule has 0 atom stereocenters. The predicted molar refractivity (Wildman–Crippen MR) is 83.4 cm³/mol. The van der Waals surface area contributed by atoms with E-state index in [9.17, 15) is 0 Å². The van der Waals surface area contributed by atoms with Crippen LogP contribution < -0.4 is 5.32 Å². The molecule has 1 aliphatic carbocycles. The molecule has 0 aromatic carbocycles. The van der Waals surface area contributed by atoms with E-state index in [1.54, 1.807) is 11.8 Å². The zero-order chi connectivity index (χ0) is 13.5. The van der Waals surface area contributed by atoms with E-state index in [1.807, 2.05) is 0 Å². The number of hydrogen-bond acceptors (Lipinski definition) is 3. The van der Waals surface area contributed by atoms with Crippen molar-refractivity contribution in [1.29, 1.82) is 0 Å². The van der Waals surface area contributed by atoms with Crippen molar-refractivity contribution in [2.75, 3.05) is 12.8 Å². The molecule has 1 saturated carbocycles. The quantitative estimate of drug-likeness (QED) is 0.748. The summed E-state index contributed by atoms with van der Waals surface area (Å²) in [6.45, 7) is 4.38. The molecule has 0 amide bonds. The zero-order valence-electron chi connectivity index (χ0n) is 12.3. The minimum Gasteiger partial charge on any atom is -0.464 e. The van der Waals surface area contributed by atoms with Crippen molar-refractivity contribution >= 4 is 11.8 Å². The molecule has 0 saturated heterocycles. The van der Waals surface area contributed by atoms with Crippen LogP contribution in [0.2, 0.25) is 0 Å². The highest BCUT2D eigenvalue weighted by Gasteiger charge is 2.17. The van der Waals surface area contributed by atoms with Crippen LogP contribution in [0.3, 0.4) is 0 Å². The minimum atomic E-state index is 0.873. The lowest BCUT2D eigenvalue weighted by molar-refractivity contribution is 0.274. The first kappa shape index (κ1) is 15.0. The summed E-state index contributed by atoms with van der Waals surface area (Å²) >= 11 is 1.80. The lowest BCUT2D eigenvalue weighted by Gasteiger charge is -2.26. The summed E-state index contributed by atoms with van der Waals surface area (Å²) in [6, 6.07) is 4.19. The summed E-state index contributed by atoms with van der Waals surface area (Å²) in [5.74, 6) is 5.04. The molecule has 0 aliphatic heterocycles. The van der Waals surface area contributed by atoms with E-state index < -0.39 is 0 Å². The Morgan fingerprint density at radius 2 is 1.95 bits per heavy atom. The van der Waals surface area contributed by atoms with E-state index in [0.717, 1.165) is 42.2 Å². The van der Waals surface area contributed by atoms with E-state index in [2.05, 4.69) is 30.6 Å². The van der Waals surface area contributed by atoms with Crippen LogP contribution in [-0.2, 0) is 12.3 Å². The Hall–Kier alpha value is -0.410. The minimum absolute atomic E-state index is 0.873. The molecule has 0 bridgehead atoms. The normalized spacial score (nSPS) is 23.7. The average Bonchev–Trinajstić information content (AvgIpc) is 2.85. The van der Waals surface area contributed by atoms with Crippen molar-refractivity contribution in [2.45, 2.75) is 51.3 Å². The Balaban J connectivity index is 1.58. The number of furan rings is 1. The van der Waals surface area contributed by atoms with Gasteiger partial charge in [-0.05, 0) is 43.2 Å². The fraction of sp³-hybridized carbons (Fsp3) is 0.750. The standard InChI is InChI=1S/C16H27NOS/c1-13-3-5-14(6-4-13)9-10-17-11-15-7-8-16(18-15)12-19-2/h7-8,13-14,17H,3-6,9-12H2,1-2H3. The Kier molecular flexibility index (Phi) is 6.32. The monoisotopic (exact) mass is 281 g/mol. The average molecular weight is 281 g/mol. The van der Waals surface area contributed by atoms with Gasteiger partial charge in [-0.1, -0.05) is 32.6 Å². The van der Waals surface area contributed by atoms with Gasteiger partial charge in [0.1, 0.15) is 11.5 Å². The lowest BCUT2D eigenvalue weighted by Crippen LogP contribution is -2.20. The highest BCUT2D eigenvalue weighted by molar-refractivity contribution is 7.97. The second-order valence-electron chi connectivity index (χ2n) is 5.89. The second-order valence-corrected chi connectivity index (χ2v) is 6.76. The van der Waals surface area contributed by atoms with Crippen molar-refractivity contribution in [3.05, 3.63) is 23.7 Å². The fourth-order valence-electron chi connectivity index (χ4n) is 2.87. The van der Waals surface area contributed by atoms with Crippen LogP contribution in [0.15, 0.2) is 16.5 Å². The third-order valence-corrected chi connectivity index (χ3v) is 4.74. The fourth-order valence-corrected chi connectivity index (χ4v) is 3.31. The van der Waals surface area contributed by atoms with E-state index in [4.69, 9.17) is 4.42 Å². The molecule has 3 heteroatoms. The summed E-state index contributed by atoms with van der Waals surface area (Å²) < 4.78 is 5.75. The van der Waals surface area contributed by atoms with Gasteiger partial charge in [-0.2, -0.15) is 11.8 Å². The Bertz CT molecular complexity index is 355. The second kappa shape index (κ2) is 8.01. The molecule has 108 valence electrons. The molecule has 1 aromatic rings. The molecule has 1 aliphatic rings. The Morgan fingerprint density at radius 1 is 1.21 bits per heavy atom. The first-order valence-corrected chi connectivity index (χ1v) is 8.94. The van der Waals surface area contributed by atoms with Crippen molar-refractivity contribution in [1.82, 2.24) is 5.32 Å².